The average molecular weight is 304 g/mol. The third-order valence-electron chi connectivity index (χ3n) is 3.71. The van der Waals surface area contributed by atoms with Gasteiger partial charge in [0.15, 0.2) is 0 Å². The van der Waals surface area contributed by atoms with Gasteiger partial charge in [0, 0.05) is 12.6 Å². The normalized spacial score (nSPS) is 10.3. The van der Waals surface area contributed by atoms with Crippen molar-refractivity contribution in [3.63, 3.8) is 0 Å². The van der Waals surface area contributed by atoms with Crippen molar-refractivity contribution in [1.82, 2.24) is 15.0 Å². The Bertz CT molecular complexity index is 960. The van der Waals surface area contributed by atoms with Gasteiger partial charge in [-0.2, -0.15) is 0 Å². The predicted molar refractivity (Wildman–Crippen MR) is 88.9 cm³/mol. The van der Waals surface area contributed by atoms with Gasteiger partial charge in [0.1, 0.15) is 17.2 Å². The minimum Gasteiger partial charge on any atom is -0.365 e. The number of hydrogen-bond donors (Lipinski definition) is 2. The van der Waals surface area contributed by atoms with E-state index >= 15 is 0 Å². The number of rotatable bonds is 3. The first-order valence-corrected chi connectivity index (χ1v) is 7.24. The van der Waals surface area contributed by atoms with Gasteiger partial charge in [-0.25, -0.2) is 9.97 Å². The molecule has 0 atom stereocenters. The summed E-state index contributed by atoms with van der Waals surface area (Å²) in [5, 5.41) is 0.601. The summed E-state index contributed by atoms with van der Waals surface area (Å²) >= 11 is 0. The van der Waals surface area contributed by atoms with Crippen molar-refractivity contribution in [2.24, 2.45) is 5.73 Å². The number of aromatic amines is 1. The molecule has 0 bridgehead atoms. The van der Waals surface area contributed by atoms with E-state index in [1.54, 1.807) is 13.1 Å². The Hall–Kier alpha value is -3.13. The van der Waals surface area contributed by atoms with Gasteiger partial charge >= 0.3 is 0 Å². The van der Waals surface area contributed by atoms with Crippen LogP contribution in [-0.2, 0) is 6.42 Å². The van der Waals surface area contributed by atoms with Crippen LogP contribution in [0.5, 0.6) is 0 Å². The molecule has 0 saturated carbocycles. The lowest BCUT2D eigenvalue weighted by Gasteiger charge is -2.04. The number of nitrogens with two attached hydrogens (primary N) is 1. The topological polar surface area (TPSA) is 84.7 Å². The first-order chi connectivity index (χ1) is 11.1. The van der Waals surface area contributed by atoms with Crippen molar-refractivity contribution in [2.75, 3.05) is 0 Å². The molecule has 3 N–H and O–H groups in total. The Morgan fingerprint density at radius 1 is 1.35 bits per heavy atom. The molecule has 23 heavy (non-hydrogen) atoms. The van der Waals surface area contributed by atoms with Crippen LogP contribution in [0.2, 0.25) is 0 Å². The van der Waals surface area contributed by atoms with Gasteiger partial charge < -0.3 is 10.7 Å². The zero-order chi connectivity index (χ0) is 16.4. The summed E-state index contributed by atoms with van der Waals surface area (Å²) in [7, 11) is 0. The van der Waals surface area contributed by atoms with Gasteiger partial charge in [-0.3, -0.25) is 4.79 Å². The van der Waals surface area contributed by atoms with Gasteiger partial charge in [0.05, 0.1) is 10.9 Å². The molecule has 0 radical (unpaired) electrons. The largest absolute Gasteiger partial charge is 0.365 e. The maximum absolute atomic E-state index is 11.7. The molecule has 2 heterocycles. The lowest BCUT2D eigenvalue weighted by atomic mass is 10.1. The van der Waals surface area contributed by atoms with Gasteiger partial charge in [0.25, 0.3) is 5.91 Å². The quantitative estimate of drug-likeness (QED) is 0.728. The van der Waals surface area contributed by atoms with Gasteiger partial charge in [-0.15, -0.1) is 0 Å². The number of nitrogens with zero attached hydrogens (tertiary/aromatic N) is 2. The highest BCUT2D eigenvalue weighted by atomic mass is 16.1. The molecule has 1 amide bonds. The lowest BCUT2D eigenvalue weighted by molar-refractivity contribution is 0.100. The van der Waals surface area contributed by atoms with Crippen molar-refractivity contribution in [2.45, 2.75) is 20.3 Å². The molecule has 2 aromatic heterocycles. The van der Waals surface area contributed by atoms with E-state index in [-0.39, 0.29) is 0 Å². The summed E-state index contributed by atoms with van der Waals surface area (Å²) in [6.07, 6.45) is 2.26. The maximum Gasteiger partial charge on any atom is 0.252 e. The van der Waals surface area contributed by atoms with E-state index in [9.17, 15) is 4.79 Å². The smallest absolute Gasteiger partial charge is 0.252 e. The van der Waals surface area contributed by atoms with Crippen LogP contribution in [0.4, 0.5) is 0 Å². The fourth-order valence-corrected chi connectivity index (χ4v) is 2.55. The number of nitrogens with one attached hydrogen (secondary N) is 1. The number of carbonyl (C=O) groups is 1. The Morgan fingerprint density at radius 2 is 2.13 bits per heavy atom. The van der Waals surface area contributed by atoms with Crippen molar-refractivity contribution in [3.8, 4) is 11.8 Å². The van der Waals surface area contributed by atoms with E-state index in [2.05, 4.69) is 45.8 Å². The predicted octanol–water partition coefficient (Wildman–Crippen LogP) is 2.33. The summed E-state index contributed by atoms with van der Waals surface area (Å²) in [6.45, 7) is 3.76. The van der Waals surface area contributed by atoms with Crippen LogP contribution in [0.1, 0.15) is 39.9 Å². The Kier molecular flexibility index (Phi) is 3.82. The van der Waals surface area contributed by atoms with E-state index < -0.39 is 5.91 Å². The second-order valence-electron chi connectivity index (χ2n) is 5.27. The summed E-state index contributed by atoms with van der Waals surface area (Å²) < 4.78 is 0. The molecule has 3 rings (SSSR count). The first kappa shape index (κ1) is 14.8. The summed E-state index contributed by atoms with van der Waals surface area (Å²) in [5.74, 6) is 5.76. The van der Waals surface area contributed by atoms with E-state index in [0.29, 0.717) is 34.5 Å². The number of primary amides is 1. The number of benzene rings is 1. The minimum atomic E-state index is -0.538. The highest BCUT2D eigenvalue weighted by Gasteiger charge is 2.17. The molecule has 0 spiro atoms. The number of amides is 1. The molecule has 0 aliphatic rings. The molecule has 114 valence electrons. The van der Waals surface area contributed by atoms with Gasteiger partial charge in [-0.05, 0) is 30.9 Å². The molecule has 0 saturated heterocycles. The van der Waals surface area contributed by atoms with Crippen LogP contribution in [0.25, 0.3) is 11.0 Å². The van der Waals surface area contributed by atoms with E-state index in [0.717, 1.165) is 0 Å². The zero-order valence-electron chi connectivity index (χ0n) is 13.0. The molecule has 0 aliphatic heterocycles. The number of fused-ring (bicyclic) bond motifs is 1. The molecule has 3 aromatic rings. The SMILES string of the molecule is CC#Cc1[nH]c2nc(Cc3ccccc3C)ncc2c1C(N)=O. The third kappa shape index (κ3) is 2.79. The van der Waals surface area contributed by atoms with Crippen LogP contribution in [-0.4, -0.2) is 20.9 Å². The van der Waals surface area contributed by atoms with Crippen molar-refractivity contribution >= 4 is 16.9 Å². The molecule has 5 nitrogen and oxygen atoms in total. The fourth-order valence-electron chi connectivity index (χ4n) is 2.55. The van der Waals surface area contributed by atoms with Crippen LogP contribution >= 0.6 is 0 Å². The van der Waals surface area contributed by atoms with E-state index in [1.807, 2.05) is 12.1 Å². The minimum absolute atomic E-state index is 0.344. The molecule has 5 heteroatoms. The van der Waals surface area contributed by atoms with Gasteiger partial charge in [-0.1, -0.05) is 30.2 Å². The van der Waals surface area contributed by atoms with Crippen molar-refractivity contribution in [3.05, 3.63) is 58.7 Å². The van der Waals surface area contributed by atoms with E-state index in [1.165, 1.54) is 11.1 Å². The number of H-pyrrole nitrogens is 1. The second-order valence-corrected chi connectivity index (χ2v) is 5.27. The monoisotopic (exact) mass is 304 g/mol. The summed E-state index contributed by atoms with van der Waals surface area (Å²) in [6, 6.07) is 8.11. The molecular formula is C18H16N4O. The highest BCUT2D eigenvalue weighted by molar-refractivity contribution is 6.07. The third-order valence-corrected chi connectivity index (χ3v) is 3.71. The van der Waals surface area contributed by atoms with Crippen molar-refractivity contribution in [1.29, 1.82) is 0 Å². The van der Waals surface area contributed by atoms with Crippen LogP contribution in [0, 0.1) is 18.8 Å². The second kappa shape index (κ2) is 5.93. The molecular weight excluding hydrogens is 288 g/mol. The molecule has 0 unspecified atom stereocenters. The van der Waals surface area contributed by atoms with Crippen molar-refractivity contribution < 1.29 is 4.79 Å². The van der Waals surface area contributed by atoms with Crippen LogP contribution in [0.15, 0.2) is 30.5 Å². The summed E-state index contributed by atoms with van der Waals surface area (Å²) in [5.41, 5.74) is 9.22. The average Bonchev–Trinajstić information content (AvgIpc) is 2.87. The fraction of sp³-hybridized carbons (Fsp3) is 0.167. The Morgan fingerprint density at radius 3 is 2.83 bits per heavy atom. The lowest BCUT2D eigenvalue weighted by Crippen LogP contribution is -2.12. The Balaban J connectivity index is 2.07. The van der Waals surface area contributed by atoms with Crippen LogP contribution < -0.4 is 5.73 Å². The summed E-state index contributed by atoms with van der Waals surface area (Å²) in [4.78, 5) is 23.6. The van der Waals surface area contributed by atoms with Gasteiger partial charge in [0.2, 0.25) is 0 Å². The first-order valence-electron chi connectivity index (χ1n) is 7.24. The molecule has 0 fully saturated rings. The van der Waals surface area contributed by atoms with Crippen LogP contribution in [0.3, 0.4) is 0 Å². The number of aromatic nitrogens is 3. The van der Waals surface area contributed by atoms with E-state index in [4.69, 9.17) is 5.73 Å². The maximum atomic E-state index is 11.7. The molecule has 0 aliphatic carbocycles. The highest BCUT2D eigenvalue weighted by Crippen LogP contribution is 2.20. The molecule has 1 aromatic carbocycles. The Labute approximate surface area is 134 Å². The number of aryl methyl sites for hydroxylation is 1. The number of carbonyl (C=O) groups excluding carboxylic acids is 1. The number of hydrogen-bond acceptors (Lipinski definition) is 3. The zero-order valence-corrected chi connectivity index (χ0v) is 13.0. The standard InChI is InChI=1S/C18H16N4O/c1-3-6-14-16(17(19)23)13-10-20-15(22-18(13)21-14)9-12-8-5-4-7-11(12)2/h4-5,7-8,10H,9H2,1-2H3,(H2,19,23)(H,20,21,22).